The van der Waals surface area contributed by atoms with Gasteiger partial charge in [-0.1, -0.05) is 54.6 Å². The molecule has 2 saturated heterocycles. The van der Waals surface area contributed by atoms with Gasteiger partial charge in [-0.3, -0.25) is 9.80 Å². The topological polar surface area (TPSA) is 135 Å². The molecule has 0 bridgehead atoms. The van der Waals surface area contributed by atoms with Gasteiger partial charge in [0.05, 0.1) is 35.9 Å². The largest absolute Gasteiger partial charge is 0.488 e. The maximum absolute atomic E-state index is 13.0. The van der Waals surface area contributed by atoms with Gasteiger partial charge in [0.1, 0.15) is 47.1 Å². The lowest BCUT2D eigenvalue weighted by Crippen LogP contribution is -2.36. The van der Waals surface area contributed by atoms with Gasteiger partial charge in [-0.2, -0.15) is 0 Å². The molecule has 1 unspecified atom stereocenters. The van der Waals surface area contributed by atoms with Crippen LogP contribution >= 0.6 is 0 Å². The number of aromatic amines is 2. The molecule has 4 aliphatic rings. The summed E-state index contributed by atoms with van der Waals surface area (Å²) in [4.78, 5) is 46.0. The number of ether oxygens (including phenoxy) is 4. The predicted octanol–water partition coefficient (Wildman–Crippen LogP) is 10.0. The SMILES string of the molecule is CC(C)(C)OC(=O)N1CCC[C@H]1c1ncc(-c2ccc3c(c2)OC(c2ccccc2)C2=C3COc3cc(-c4cnc([C@@H]5CCCN5C(=O)OC(C)(C)C)[nH]4)ccc32)[nH]1. The van der Waals surface area contributed by atoms with Crippen LogP contribution in [0.2, 0.25) is 0 Å². The Morgan fingerprint density at radius 3 is 1.79 bits per heavy atom. The minimum absolute atomic E-state index is 0.172. The quantitative estimate of drug-likeness (QED) is 0.180. The van der Waals surface area contributed by atoms with Crippen molar-refractivity contribution in [2.45, 2.75) is 96.6 Å². The summed E-state index contributed by atoms with van der Waals surface area (Å²) in [6.45, 7) is 12.9. The number of fused-ring (bicyclic) bond motifs is 4. The van der Waals surface area contributed by atoms with Crippen LogP contribution in [-0.4, -0.2) is 72.8 Å². The lowest BCUT2D eigenvalue weighted by Gasteiger charge is -2.35. The minimum Gasteiger partial charge on any atom is -0.488 e. The van der Waals surface area contributed by atoms with E-state index in [1.54, 1.807) is 9.80 Å². The van der Waals surface area contributed by atoms with Crippen LogP contribution in [0.25, 0.3) is 33.7 Å². The van der Waals surface area contributed by atoms with Crippen LogP contribution < -0.4 is 9.47 Å². The zero-order chi connectivity index (χ0) is 40.3. The summed E-state index contributed by atoms with van der Waals surface area (Å²) in [5.41, 5.74) is 7.59. The number of carbonyl (C=O) groups is 2. The molecule has 58 heavy (non-hydrogen) atoms. The van der Waals surface area contributed by atoms with Crippen molar-refractivity contribution in [1.82, 2.24) is 29.7 Å². The molecule has 4 aliphatic heterocycles. The van der Waals surface area contributed by atoms with Gasteiger partial charge < -0.3 is 28.9 Å². The summed E-state index contributed by atoms with van der Waals surface area (Å²) in [6, 6.07) is 22.4. The number of likely N-dealkylation sites (tertiary alicyclic amines) is 2. The highest BCUT2D eigenvalue weighted by Crippen LogP contribution is 2.52. The highest BCUT2D eigenvalue weighted by molar-refractivity contribution is 6.00. The van der Waals surface area contributed by atoms with Crippen molar-refractivity contribution in [3.05, 3.63) is 107 Å². The van der Waals surface area contributed by atoms with Gasteiger partial charge in [-0.15, -0.1) is 0 Å². The first-order chi connectivity index (χ1) is 27.8. The minimum atomic E-state index is -0.571. The molecule has 9 rings (SSSR count). The Morgan fingerprint density at radius 2 is 1.24 bits per heavy atom. The molecule has 2 aromatic heterocycles. The summed E-state index contributed by atoms with van der Waals surface area (Å²) in [5.74, 6) is 3.02. The molecule has 0 spiro atoms. The normalized spacial score (nSPS) is 20.2. The van der Waals surface area contributed by atoms with Crippen molar-refractivity contribution < 1.29 is 28.5 Å². The predicted molar refractivity (Wildman–Crippen MR) is 220 cm³/mol. The third kappa shape index (κ3) is 7.20. The van der Waals surface area contributed by atoms with Crippen LogP contribution in [0.1, 0.15) is 114 Å². The third-order valence-electron chi connectivity index (χ3n) is 11.1. The Bertz CT molecular complexity index is 2400. The van der Waals surface area contributed by atoms with Crippen LogP contribution in [0.5, 0.6) is 11.5 Å². The van der Waals surface area contributed by atoms with Gasteiger partial charge in [-0.25, -0.2) is 19.6 Å². The van der Waals surface area contributed by atoms with Crippen molar-refractivity contribution in [3.63, 3.8) is 0 Å². The Kier molecular flexibility index (Phi) is 9.32. The van der Waals surface area contributed by atoms with Crippen molar-refractivity contribution in [2.75, 3.05) is 19.7 Å². The van der Waals surface area contributed by atoms with Crippen molar-refractivity contribution in [3.8, 4) is 34.0 Å². The first-order valence-corrected chi connectivity index (χ1v) is 20.3. The van der Waals surface area contributed by atoms with Gasteiger partial charge in [0.2, 0.25) is 0 Å². The summed E-state index contributed by atoms with van der Waals surface area (Å²) in [6.07, 6.45) is 6.06. The standard InChI is InChI=1S/C46H50N6O6/c1-45(2,3)57-43(53)51-20-10-14-35(51)41-47-24-33(49-41)28-17-19-31-37(22-28)55-26-32-30-18-16-29(23-38(30)56-40(39(31)32)27-12-8-7-9-13-27)34-25-48-42(50-34)36-15-11-21-52(36)44(54)58-46(4,5)6/h7-9,12-13,16-19,22-25,35-36,40H,10-11,14-15,20-21,26H2,1-6H3,(H,47,49)(H,48,50)/t35-,36-,40?/m0/s1. The second-order valence-electron chi connectivity index (χ2n) is 17.5. The fourth-order valence-corrected chi connectivity index (χ4v) is 8.51. The highest BCUT2D eigenvalue weighted by Gasteiger charge is 2.38. The number of H-pyrrole nitrogens is 2. The van der Waals surface area contributed by atoms with Crippen LogP contribution in [-0.2, 0) is 9.47 Å². The Balaban J connectivity index is 1.01. The van der Waals surface area contributed by atoms with E-state index in [1.807, 2.05) is 72.1 Å². The monoisotopic (exact) mass is 782 g/mol. The van der Waals surface area contributed by atoms with E-state index >= 15 is 0 Å². The van der Waals surface area contributed by atoms with Crippen LogP contribution in [0.4, 0.5) is 9.59 Å². The molecule has 12 heteroatoms. The number of hydrogen-bond acceptors (Lipinski definition) is 8. The van der Waals surface area contributed by atoms with E-state index in [-0.39, 0.29) is 30.4 Å². The smallest absolute Gasteiger partial charge is 0.410 e. The van der Waals surface area contributed by atoms with Gasteiger partial charge in [0, 0.05) is 46.5 Å². The van der Waals surface area contributed by atoms with Crippen molar-refractivity contribution >= 4 is 23.3 Å². The number of nitrogens with one attached hydrogen (secondary N) is 2. The first kappa shape index (κ1) is 37.5. The fraction of sp³-hybridized carbons (Fsp3) is 0.391. The molecule has 0 saturated carbocycles. The molecule has 300 valence electrons. The maximum Gasteiger partial charge on any atom is 0.410 e. The summed E-state index contributed by atoms with van der Waals surface area (Å²) in [7, 11) is 0. The van der Waals surface area contributed by atoms with E-state index in [4.69, 9.17) is 28.9 Å². The Morgan fingerprint density at radius 1 is 0.707 bits per heavy atom. The van der Waals surface area contributed by atoms with Crippen LogP contribution in [0.3, 0.4) is 0 Å². The average Bonchev–Trinajstić information content (AvgIpc) is 4.03. The van der Waals surface area contributed by atoms with E-state index in [1.165, 1.54) is 0 Å². The molecular weight excluding hydrogens is 733 g/mol. The molecule has 3 aromatic carbocycles. The molecular formula is C46H50N6O6. The molecule has 0 aliphatic carbocycles. The van der Waals surface area contributed by atoms with E-state index < -0.39 is 11.2 Å². The Labute approximate surface area is 338 Å². The summed E-state index contributed by atoms with van der Waals surface area (Å²) < 4.78 is 24.9. The molecule has 2 fully saturated rings. The summed E-state index contributed by atoms with van der Waals surface area (Å²) >= 11 is 0. The average molecular weight is 783 g/mol. The number of benzene rings is 3. The lowest BCUT2D eigenvalue weighted by atomic mass is 9.83. The van der Waals surface area contributed by atoms with Gasteiger partial charge in [0.25, 0.3) is 0 Å². The fourth-order valence-electron chi connectivity index (χ4n) is 8.51. The van der Waals surface area contributed by atoms with Gasteiger partial charge in [0.15, 0.2) is 0 Å². The van der Waals surface area contributed by atoms with Gasteiger partial charge >= 0.3 is 12.2 Å². The second kappa shape index (κ2) is 14.4. The molecule has 2 amide bonds. The van der Waals surface area contributed by atoms with Crippen LogP contribution in [0, 0.1) is 0 Å². The molecule has 3 atom stereocenters. The van der Waals surface area contributed by atoms with Crippen LogP contribution in [0.15, 0.2) is 79.1 Å². The van der Waals surface area contributed by atoms with Crippen molar-refractivity contribution in [1.29, 1.82) is 0 Å². The highest BCUT2D eigenvalue weighted by atomic mass is 16.6. The molecule has 5 aromatic rings. The third-order valence-corrected chi connectivity index (χ3v) is 11.1. The van der Waals surface area contributed by atoms with E-state index in [9.17, 15) is 9.59 Å². The number of nitrogens with zero attached hydrogens (tertiary/aromatic N) is 4. The maximum atomic E-state index is 13.0. The number of carbonyl (C=O) groups excluding carboxylic acids is 2. The van der Waals surface area contributed by atoms with E-state index in [0.717, 1.165) is 99.2 Å². The lowest BCUT2D eigenvalue weighted by molar-refractivity contribution is 0.0208. The first-order valence-electron chi connectivity index (χ1n) is 20.3. The molecule has 6 heterocycles. The molecule has 0 radical (unpaired) electrons. The second-order valence-corrected chi connectivity index (χ2v) is 17.5. The number of hydrogen-bond donors (Lipinski definition) is 2. The summed E-state index contributed by atoms with van der Waals surface area (Å²) in [5, 5.41) is 0. The number of amides is 2. The van der Waals surface area contributed by atoms with E-state index in [0.29, 0.717) is 19.7 Å². The number of aromatic nitrogens is 4. The van der Waals surface area contributed by atoms with E-state index in [2.05, 4.69) is 58.5 Å². The number of imidazole rings is 2. The van der Waals surface area contributed by atoms with Gasteiger partial charge in [-0.05, 0) is 84.9 Å². The molecule has 12 nitrogen and oxygen atoms in total. The zero-order valence-corrected chi connectivity index (χ0v) is 33.9. The Hall–Kier alpha value is -6.04. The van der Waals surface area contributed by atoms with Crippen molar-refractivity contribution in [2.24, 2.45) is 0 Å². The molecule has 2 N–H and O–H groups in total. The number of rotatable bonds is 5. The zero-order valence-electron chi connectivity index (χ0n) is 33.9.